The number of rotatable bonds is 7. The van der Waals surface area contributed by atoms with Gasteiger partial charge in [-0.1, -0.05) is 6.07 Å². The molecule has 108 valence electrons. The van der Waals surface area contributed by atoms with Gasteiger partial charge < -0.3 is 15.0 Å². The minimum atomic E-state index is 0.108. The zero-order chi connectivity index (χ0) is 14.3. The first kappa shape index (κ1) is 15.9. The molecule has 0 unspecified atom stereocenters. The number of nitrogens with one attached hydrogen (secondary N) is 1. The molecular formula is C15H27N3O. The molecule has 4 heteroatoms. The van der Waals surface area contributed by atoms with E-state index in [4.69, 9.17) is 4.74 Å². The van der Waals surface area contributed by atoms with Crippen molar-refractivity contribution in [3.8, 4) is 0 Å². The Kier molecular flexibility index (Phi) is 6.25. The van der Waals surface area contributed by atoms with E-state index in [0.29, 0.717) is 0 Å². The van der Waals surface area contributed by atoms with Crippen LogP contribution in [0.25, 0.3) is 0 Å². The Morgan fingerprint density at radius 3 is 2.68 bits per heavy atom. The van der Waals surface area contributed by atoms with E-state index in [-0.39, 0.29) is 5.54 Å². The fourth-order valence-corrected chi connectivity index (χ4v) is 1.83. The van der Waals surface area contributed by atoms with E-state index >= 15 is 0 Å². The number of aromatic nitrogens is 1. The summed E-state index contributed by atoms with van der Waals surface area (Å²) in [5.41, 5.74) is 1.34. The van der Waals surface area contributed by atoms with Crippen LogP contribution < -0.4 is 10.2 Å². The van der Waals surface area contributed by atoms with Crippen molar-refractivity contribution in [2.45, 2.75) is 39.8 Å². The third-order valence-corrected chi connectivity index (χ3v) is 2.92. The molecule has 1 N–H and O–H groups in total. The monoisotopic (exact) mass is 265 g/mol. The third-order valence-electron chi connectivity index (χ3n) is 2.92. The molecule has 1 aromatic heterocycles. The molecule has 0 aliphatic rings. The fourth-order valence-electron chi connectivity index (χ4n) is 1.83. The van der Waals surface area contributed by atoms with Crippen LogP contribution in [0.15, 0.2) is 18.3 Å². The van der Waals surface area contributed by atoms with Gasteiger partial charge in [0, 0.05) is 44.0 Å². The Labute approximate surface area is 117 Å². The number of methoxy groups -OCH3 is 1. The maximum absolute atomic E-state index is 5.16. The topological polar surface area (TPSA) is 37.4 Å². The summed E-state index contributed by atoms with van der Waals surface area (Å²) in [4.78, 5) is 6.79. The Balaban J connectivity index is 2.81. The summed E-state index contributed by atoms with van der Waals surface area (Å²) < 4.78 is 5.16. The lowest BCUT2D eigenvalue weighted by Gasteiger charge is -2.26. The molecule has 0 spiro atoms. The van der Waals surface area contributed by atoms with Gasteiger partial charge in [0.15, 0.2) is 0 Å². The van der Waals surface area contributed by atoms with Gasteiger partial charge in [0.05, 0.1) is 6.61 Å². The largest absolute Gasteiger partial charge is 0.383 e. The first-order chi connectivity index (χ1) is 8.98. The molecule has 0 atom stereocenters. The summed E-state index contributed by atoms with van der Waals surface area (Å²) in [6, 6.07) is 4.13. The molecule has 1 aromatic rings. The molecule has 0 aromatic carbocycles. The molecular weight excluding hydrogens is 238 g/mol. The summed E-state index contributed by atoms with van der Waals surface area (Å²) in [6.07, 6.45) is 1.85. The van der Waals surface area contributed by atoms with Gasteiger partial charge in [-0.05, 0) is 33.8 Å². The molecule has 0 aliphatic heterocycles. The molecule has 0 bridgehead atoms. The molecule has 0 saturated heterocycles. The zero-order valence-electron chi connectivity index (χ0n) is 12.9. The maximum Gasteiger partial charge on any atom is 0.133 e. The predicted molar refractivity (Wildman–Crippen MR) is 80.6 cm³/mol. The van der Waals surface area contributed by atoms with Crippen molar-refractivity contribution in [2.75, 3.05) is 31.7 Å². The summed E-state index contributed by atoms with van der Waals surface area (Å²) in [7, 11) is 1.73. The van der Waals surface area contributed by atoms with Crippen molar-refractivity contribution >= 4 is 5.82 Å². The van der Waals surface area contributed by atoms with Gasteiger partial charge in [-0.15, -0.1) is 0 Å². The smallest absolute Gasteiger partial charge is 0.133 e. The van der Waals surface area contributed by atoms with E-state index in [0.717, 1.165) is 32.1 Å². The van der Waals surface area contributed by atoms with E-state index in [1.165, 1.54) is 5.56 Å². The zero-order valence-corrected chi connectivity index (χ0v) is 12.9. The van der Waals surface area contributed by atoms with Crippen LogP contribution in [0.3, 0.4) is 0 Å². The highest BCUT2D eigenvalue weighted by Gasteiger charge is 2.14. The lowest BCUT2D eigenvalue weighted by atomic mass is 10.1. The summed E-state index contributed by atoms with van der Waals surface area (Å²) >= 11 is 0. The van der Waals surface area contributed by atoms with Crippen LogP contribution in [0.5, 0.6) is 0 Å². The van der Waals surface area contributed by atoms with Gasteiger partial charge in [-0.2, -0.15) is 0 Å². The third kappa shape index (κ3) is 5.57. The van der Waals surface area contributed by atoms with E-state index in [2.05, 4.69) is 49.0 Å². The Morgan fingerprint density at radius 1 is 1.37 bits per heavy atom. The van der Waals surface area contributed by atoms with E-state index in [1.54, 1.807) is 7.11 Å². The van der Waals surface area contributed by atoms with Crippen LogP contribution in [0.4, 0.5) is 5.82 Å². The molecule has 0 fully saturated rings. The van der Waals surface area contributed by atoms with Gasteiger partial charge in [0.2, 0.25) is 0 Å². The summed E-state index contributed by atoms with van der Waals surface area (Å²) in [5, 5.41) is 3.52. The highest BCUT2D eigenvalue weighted by atomic mass is 16.5. The summed E-state index contributed by atoms with van der Waals surface area (Å²) in [5.74, 6) is 1.05. The number of hydrogen-bond acceptors (Lipinski definition) is 4. The van der Waals surface area contributed by atoms with Crippen LogP contribution in [-0.4, -0.2) is 37.3 Å². The lowest BCUT2D eigenvalue weighted by molar-refractivity contribution is 0.205. The number of hydrogen-bond donors (Lipinski definition) is 1. The molecule has 19 heavy (non-hydrogen) atoms. The highest BCUT2D eigenvalue weighted by Crippen LogP contribution is 2.17. The molecule has 4 nitrogen and oxygen atoms in total. The van der Waals surface area contributed by atoms with Gasteiger partial charge in [-0.3, -0.25) is 0 Å². The molecule has 0 amide bonds. The van der Waals surface area contributed by atoms with Crippen LogP contribution in [0, 0.1) is 0 Å². The Morgan fingerprint density at radius 2 is 2.11 bits per heavy atom. The number of nitrogens with zero attached hydrogens (tertiary/aromatic N) is 2. The normalized spacial score (nSPS) is 11.6. The lowest BCUT2D eigenvalue weighted by Crippen LogP contribution is -2.36. The highest BCUT2D eigenvalue weighted by molar-refractivity contribution is 5.46. The average Bonchev–Trinajstić information content (AvgIpc) is 2.37. The van der Waals surface area contributed by atoms with Gasteiger partial charge in [-0.25, -0.2) is 4.98 Å². The second kappa shape index (κ2) is 7.46. The van der Waals surface area contributed by atoms with Gasteiger partial charge >= 0.3 is 0 Å². The predicted octanol–water partition coefficient (Wildman–Crippen LogP) is 2.44. The molecule has 1 rings (SSSR count). The fraction of sp³-hybridized carbons (Fsp3) is 0.667. The molecule has 0 radical (unpaired) electrons. The standard InChI is InChI=1S/C15H27N3O/c1-6-18(10-11-19-5)14-13(8-7-9-16-14)12-17-15(2,3)4/h7-9,17H,6,10-12H2,1-5H3. The number of anilines is 1. The van der Waals surface area contributed by atoms with E-state index in [9.17, 15) is 0 Å². The van der Waals surface area contributed by atoms with Crippen molar-refractivity contribution in [3.63, 3.8) is 0 Å². The molecule has 0 aliphatic carbocycles. The van der Waals surface area contributed by atoms with E-state index in [1.807, 2.05) is 12.3 Å². The number of likely N-dealkylation sites (N-methyl/N-ethyl adjacent to an activating group) is 1. The van der Waals surface area contributed by atoms with Crippen LogP contribution in [0.1, 0.15) is 33.3 Å². The minimum absolute atomic E-state index is 0.108. The Bertz CT molecular complexity index is 374. The number of pyridine rings is 1. The quantitative estimate of drug-likeness (QED) is 0.821. The van der Waals surface area contributed by atoms with Gasteiger partial charge in [0.25, 0.3) is 0 Å². The van der Waals surface area contributed by atoms with Crippen molar-refractivity contribution in [1.82, 2.24) is 10.3 Å². The van der Waals surface area contributed by atoms with Crippen molar-refractivity contribution in [1.29, 1.82) is 0 Å². The average molecular weight is 265 g/mol. The SMILES string of the molecule is CCN(CCOC)c1ncccc1CNC(C)(C)C. The van der Waals surface area contributed by atoms with Crippen LogP contribution in [-0.2, 0) is 11.3 Å². The van der Waals surface area contributed by atoms with E-state index < -0.39 is 0 Å². The Hall–Kier alpha value is -1.13. The summed E-state index contributed by atoms with van der Waals surface area (Å²) in [6.45, 7) is 12.0. The van der Waals surface area contributed by atoms with Crippen LogP contribution >= 0.6 is 0 Å². The van der Waals surface area contributed by atoms with Crippen molar-refractivity contribution in [2.24, 2.45) is 0 Å². The molecule has 1 heterocycles. The molecule has 0 saturated carbocycles. The van der Waals surface area contributed by atoms with Gasteiger partial charge in [0.1, 0.15) is 5.82 Å². The maximum atomic E-state index is 5.16. The minimum Gasteiger partial charge on any atom is -0.383 e. The second-order valence-electron chi connectivity index (χ2n) is 5.66. The first-order valence-corrected chi connectivity index (χ1v) is 6.90. The van der Waals surface area contributed by atoms with Crippen molar-refractivity contribution < 1.29 is 4.74 Å². The van der Waals surface area contributed by atoms with Crippen LogP contribution in [0.2, 0.25) is 0 Å². The van der Waals surface area contributed by atoms with Crippen molar-refractivity contribution in [3.05, 3.63) is 23.9 Å². The second-order valence-corrected chi connectivity index (χ2v) is 5.66. The first-order valence-electron chi connectivity index (χ1n) is 6.90. The number of ether oxygens (including phenoxy) is 1.